The number of carbonyl (C=O) groups is 2. The van der Waals surface area contributed by atoms with Crippen molar-refractivity contribution < 1.29 is 19.4 Å². The first-order valence-electron chi connectivity index (χ1n) is 4.39. The van der Waals surface area contributed by atoms with Gasteiger partial charge in [-0.3, -0.25) is 9.59 Å². The van der Waals surface area contributed by atoms with Gasteiger partial charge in [-0.2, -0.15) is 0 Å². The van der Waals surface area contributed by atoms with Crippen molar-refractivity contribution in [2.45, 2.75) is 31.8 Å². The number of esters is 1. The van der Waals surface area contributed by atoms with Gasteiger partial charge in [-0.25, -0.2) is 0 Å². The predicted octanol–water partition coefficient (Wildman–Crippen LogP) is 0.0336. The maximum atomic E-state index is 11.3. The lowest BCUT2D eigenvalue weighted by Crippen LogP contribution is -2.51. The molecule has 13 heavy (non-hydrogen) atoms. The first-order chi connectivity index (χ1) is 5.98. The number of carbonyl (C=O) groups excluding carboxylic acids is 2. The van der Waals surface area contributed by atoms with Crippen molar-refractivity contribution in [3.05, 3.63) is 0 Å². The summed E-state index contributed by atoms with van der Waals surface area (Å²) in [4.78, 5) is 22.5. The highest BCUT2D eigenvalue weighted by molar-refractivity contribution is 5.88. The van der Waals surface area contributed by atoms with Crippen LogP contribution in [0.3, 0.4) is 0 Å². The molecule has 4 heteroatoms. The van der Waals surface area contributed by atoms with E-state index in [2.05, 4.69) is 0 Å². The van der Waals surface area contributed by atoms with Crippen LogP contribution in [-0.2, 0) is 14.3 Å². The van der Waals surface area contributed by atoms with Gasteiger partial charge < -0.3 is 9.84 Å². The summed E-state index contributed by atoms with van der Waals surface area (Å²) in [5.74, 6) is -0.360. The topological polar surface area (TPSA) is 63.6 Å². The Balaban J connectivity index is 2.37. The number of hydrogen-bond donors (Lipinski definition) is 1. The summed E-state index contributed by atoms with van der Waals surface area (Å²) in [5, 5.41) is 10.0. The van der Waals surface area contributed by atoms with Crippen molar-refractivity contribution in [1.29, 1.82) is 0 Å². The molecule has 1 saturated carbocycles. The van der Waals surface area contributed by atoms with Gasteiger partial charge in [-0.1, -0.05) is 0 Å². The Morgan fingerprint density at radius 1 is 1.46 bits per heavy atom. The Morgan fingerprint density at radius 3 is 2.85 bits per heavy atom. The first-order valence-corrected chi connectivity index (χ1v) is 4.39. The molecule has 0 aromatic heterocycles. The average Bonchev–Trinajstić information content (AvgIpc) is 2.28. The number of ketones is 1. The zero-order valence-electron chi connectivity index (χ0n) is 7.50. The molecule has 0 aromatic rings. The van der Waals surface area contributed by atoms with Crippen molar-refractivity contribution in [3.8, 4) is 0 Å². The second-order valence-electron chi connectivity index (χ2n) is 4.16. The van der Waals surface area contributed by atoms with E-state index in [9.17, 15) is 14.7 Å². The van der Waals surface area contributed by atoms with E-state index in [0.29, 0.717) is 12.8 Å². The second kappa shape index (κ2) is 2.32. The van der Waals surface area contributed by atoms with E-state index >= 15 is 0 Å². The molecular formula is C9H12O4. The summed E-state index contributed by atoms with van der Waals surface area (Å²) in [6.07, 6.45) is 0.824. The summed E-state index contributed by atoms with van der Waals surface area (Å²) >= 11 is 0. The molecule has 1 N–H and O–H groups in total. The minimum absolute atomic E-state index is 0.0123. The van der Waals surface area contributed by atoms with E-state index in [1.165, 1.54) is 0 Å². The van der Waals surface area contributed by atoms with E-state index in [4.69, 9.17) is 4.74 Å². The quantitative estimate of drug-likeness (QED) is 0.539. The maximum absolute atomic E-state index is 11.3. The zero-order valence-corrected chi connectivity index (χ0v) is 7.50. The standard InChI is InChI=1S/C9H12O4/c1-8-3-2-6(10)4-9(8,12)5-13-7(8)11/h12H,2-5H2,1H3/t8-,9-/m1/s1. The average molecular weight is 184 g/mol. The molecule has 1 saturated heterocycles. The van der Waals surface area contributed by atoms with Crippen LogP contribution in [0.1, 0.15) is 26.2 Å². The minimum Gasteiger partial charge on any atom is -0.462 e. The lowest BCUT2D eigenvalue weighted by molar-refractivity contribution is -0.152. The molecule has 0 aromatic carbocycles. The van der Waals surface area contributed by atoms with Crippen LogP contribution in [0.5, 0.6) is 0 Å². The molecule has 0 amide bonds. The van der Waals surface area contributed by atoms with Crippen LogP contribution >= 0.6 is 0 Å². The van der Waals surface area contributed by atoms with Gasteiger partial charge in [-0.05, 0) is 13.3 Å². The molecule has 1 aliphatic heterocycles. The van der Waals surface area contributed by atoms with Gasteiger partial charge in [0.2, 0.25) is 0 Å². The van der Waals surface area contributed by atoms with Gasteiger partial charge >= 0.3 is 5.97 Å². The van der Waals surface area contributed by atoms with Crippen molar-refractivity contribution in [2.24, 2.45) is 5.41 Å². The highest BCUT2D eigenvalue weighted by atomic mass is 16.6. The number of cyclic esters (lactones) is 1. The van der Waals surface area contributed by atoms with Gasteiger partial charge in [-0.15, -0.1) is 0 Å². The van der Waals surface area contributed by atoms with Crippen molar-refractivity contribution in [2.75, 3.05) is 6.61 Å². The van der Waals surface area contributed by atoms with Crippen LogP contribution in [0, 0.1) is 5.41 Å². The number of hydrogen-bond acceptors (Lipinski definition) is 4. The molecule has 0 spiro atoms. The fourth-order valence-corrected chi connectivity index (χ4v) is 2.08. The van der Waals surface area contributed by atoms with Gasteiger partial charge in [0.05, 0.1) is 5.41 Å². The summed E-state index contributed by atoms with van der Waals surface area (Å²) in [6, 6.07) is 0. The Bertz CT molecular complexity index is 285. The SMILES string of the molecule is C[C@]12CCC(=O)C[C@@]1(O)COC2=O. The molecule has 4 nitrogen and oxygen atoms in total. The van der Waals surface area contributed by atoms with E-state index in [0.717, 1.165) is 0 Å². The van der Waals surface area contributed by atoms with Crippen LogP contribution in [0.4, 0.5) is 0 Å². The Kier molecular flexibility index (Phi) is 1.55. The maximum Gasteiger partial charge on any atom is 0.314 e. The summed E-state index contributed by atoms with van der Waals surface area (Å²) < 4.78 is 4.81. The largest absolute Gasteiger partial charge is 0.462 e. The molecule has 2 rings (SSSR count). The van der Waals surface area contributed by atoms with Crippen molar-refractivity contribution in [1.82, 2.24) is 0 Å². The van der Waals surface area contributed by atoms with Crippen LogP contribution in [0.2, 0.25) is 0 Å². The van der Waals surface area contributed by atoms with Crippen LogP contribution < -0.4 is 0 Å². The summed E-state index contributed by atoms with van der Waals surface area (Å²) in [5.41, 5.74) is -2.11. The number of fused-ring (bicyclic) bond motifs is 1. The van der Waals surface area contributed by atoms with Gasteiger partial charge in [0, 0.05) is 12.8 Å². The molecule has 2 fully saturated rings. The van der Waals surface area contributed by atoms with Crippen LogP contribution in [-0.4, -0.2) is 29.1 Å². The minimum atomic E-state index is -1.25. The van der Waals surface area contributed by atoms with Gasteiger partial charge in [0.25, 0.3) is 0 Å². The molecule has 0 bridgehead atoms. The third-order valence-corrected chi connectivity index (χ3v) is 3.31. The van der Waals surface area contributed by atoms with Crippen LogP contribution in [0.25, 0.3) is 0 Å². The lowest BCUT2D eigenvalue weighted by Gasteiger charge is -2.37. The summed E-state index contributed by atoms with van der Waals surface area (Å²) in [7, 11) is 0. The fourth-order valence-electron chi connectivity index (χ4n) is 2.08. The van der Waals surface area contributed by atoms with E-state index < -0.39 is 11.0 Å². The smallest absolute Gasteiger partial charge is 0.314 e. The van der Waals surface area contributed by atoms with Gasteiger partial charge in [0.15, 0.2) is 0 Å². The molecule has 72 valence electrons. The van der Waals surface area contributed by atoms with Crippen molar-refractivity contribution in [3.63, 3.8) is 0 Å². The molecule has 2 aliphatic rings. The molecular weight excluding hydrogens is 172 g/mol. The number of rotatable bonds is 0. The van der Waals surface area contributed by atoms with E-state index in [1.54, 1.807) is 6.92 Å². The second-order valence-corrected chi connectivity index (χ2v) is 4.16. The predicted molar refractivity (Wildman–Crippen MR) is 42.9 cm³/mol. The lowest BCUT2D eigenvalue weighted by atomic mass is 9.66. The normalized spacial score (nSPS) is 44.5. The monoisotopic (exact) mass is 184 g/mol. The number of Topliss-reactive ketones (excluding diaryl/α,β-unsaturated/α-hetero) is 1. The molecule has 2 atom stereocenters. The third kappa shape index (κ3) is 0.950. The molecule has 1 heterocycles. The third-order valence-electron chi connectivity index (χ3n) is 3.31. The first kappa shape index (κ1) is 8.69. The number of aliphatic hydroxyl groups is 1. The van der Waals surface area contributed by atoms with E-state index in [1.807, 2.05) is 0 Å². The Morgan fingerprint density at radius 2 is 2.15 bits per heavy atom. The number of ether oxygens (including phenoxy) is 1. The van der Waals surface area contributed by atoms with Crippen LogP contribution in [0.15, 0.2) is 0 Å². The van der Waals surface area contributed by atoms with E-state index in [-0.39, 0.29) is 24.8 Å². The highest BCUT2D eigenvalue weighted by Crippen LogP contribution is 2.47. The summed E-state index contributed by atoms with van der Waals surface area (Å²) in [6.45, 7) is 1.64. The molecule has 1 aliphatic carbocycles. The van der Waals surface area contributed by atoms with Gasteiger partial charge in [0.1, 0.15) is 18.0 Å². The molecule has 0 unspecified atom stereocenters. The Hall–Kier alpha value is -0.900. The van der Waals surface area contributed by atoms with Crippen molar-refractivity contribution >= 4 is 11.8 Å². The fraction of sp³-hybridized carbons (Fsp3) is 0.778. The highest BCUT2D eigenvalue weighted by Gasteiger charge is 2.61. The Labute approximate surface area is 75.9 Å². The zero-order chi connectivity index (χ0) is 9.69. The molecule has 0 radical (unpaired) electrons.